The molecule has 1 rings (SSSR count). The molecular weight excluding hydrogens is 236 g/mol. The molecule has 0 radical (unpaired) electrons. The molecule has 0 aliphatic carbocycles. The summed E-state index contributed by atoms with van der Waals surface area (Å²) in [4.78, 5) is 2.32. The first kappa shape index (κ1) is 16.2. The molecule has 0 spiro atoms. The van der Waals surface area contributed by atoms with Gasteiger partial charge >= 0.3 is 0 Å². The van der Waals surface area contributed by atoms with Gasteiger partial charge in [-0.1, -0.05) is 29.3 Å². The number of ether oxygens (including phenoxy) is 1. The Labute approximate surface area is 118 Å². The Morgan fingerprint density at radius 1 is 1.16 bits per heavy atom. The molecular formula is C16H28N2O. The van der Waals surface area contributed by atoms with Crippen molar-refractivity contribution in [3.63, 3.8) is 0 Å². The van der Waals surface area contributed by atoms with E-state index in [0.29, 0.717) is 6.04 Å². The number of hydrogen-bond donors (Lipinski definition) is 1. The zero-order valence-electron chi connectivity index (χ0n) is 13.0. The van der Waals surface area contributed by atoms with E-state index < -0.39 is 0 Å². The highest BCUT2D eigenvalue weighted by Crippen LogP contribution is 2.19. The smallest absolute Gasteiger partial charge is 0.0589 e. The molecule has 0 heterocycles. The fourth-order valence-corrected chi connectivity index (χ4v) is 2.40. The molecule has 3 heteroatoms. The molecule has 0 bridgehead atoms. The Hall–Kier alpha value is -0.900. The summed E-state index contributed by atoms with van der Waals surface area (Å²) >= 11 is 0. The van der Waals surface area contributed by atoms with E-state index in [-0.39, 0.29) is 0 Å². The van der Waals surface area contributed by atoms with Crippen LogP contribution in [-0.4, -0.2) is 45.8 Å². The third-order valence-corrected chi connectivity index (χ3v) is 3.47. The molecule has 0 saturated carbocycles. The van der Waals surface area contributed by atoms with Crippen LogP contribution in [0.5, 0.6) is 0 Å². The number of benzene rings is 1. The van der Waals surface area contributed by atoms with Crippen molar-refractivity contribution in [2.45, 2.75) is 26.3 Å². The molecule has 1 N–H and O–H groups in total. The topological polar surface area (TPSA) is 24.5 Å². The van der Waals surface area contributed by atoms with E-state index in [2.05, 4.69) is 49.3 Å². The van der Waals surface area contributed by atoms with E-state index in [4.69, 9.17) is 4.74 Å². The van der Waals surface area contributed by atoms with Crippen LogP contribution in [0.4, 0.5) is 0 Å². The zero-order chi connectivity index (χ0) is 14.3. The second kappa shape index (κ2) is 8.31. The number of aryl methyl sites for hydroxylation is 2. The van der Waals surface area contributed by atoms with Gasteiger partial charge < -0.3 is 15.0 Å². The average Bonchev–Trinajstić information content (AvgIpc) is 2.36. The second-order valence-corrected chi connectivity index (χ2v) is 5.35. The summed E-state index contributed by atoms with van der Waals surface area (Å²) in [5.41, 5.74) is 4.06. The largest absolute Gasteiger partial charge is 0.383 e. The normalized spacial score (nSPS) is 12.9. The lowest BCUT2D eigenvalue weighted by molar-refractivity contribution is 0.159. The number of methoxy groups -OCH3 is 1. The molecule has 0 amide bonds. The highest BCUT2D eigenvalue weighted by molar-refractivity contribution is 5.30. The number of likely N-dealkylation sites (N-methyl/N-ethyl adjacent to an activating group) is 1. The summed E-state index contributed by atoms with van der Waals surface area (Å²) < 4.78 is 5.10. The van der Waals surface area contributed by atoms with Gasteiger partial charge in [0.05, 0.1) is 6.61 Å². The van der Waals surface area contributed by atoms with Crippen LogP contribution in [0, 0.1) is 13.8 Å². The summed E-state index contributed by atoms with van der Waals surface area (Å²) in [7, 11) is 5.94. The molecule has 0 fully saturated rings. The van der Waals surface area contributed by atoms with Crippen molar-refractivity contribution in [3.05, 3.63) is 34.9 Å². The third-order valence-electron chi connectivity index (χ3n) is 3.47. The molecule has 1 aromatic carbocycles. The van der Waals surface area contributed by atoms with Gasteiger partial charge in [0, 0.05) is 19.7 Å². The second-order valence-electron chi connectivity index (χ2n) is 5.35. The predicted octanol–water partition coefficient (Wildman–Crippen LogP) is 2.53. The first-order valence-electron chi connectivity index (χ1n) is 6.99. The van der Waals surface area contributed by atoms with Crippen molar-refractivity contribution >= 4 is 0 Å². The van der Waals surface area contributed by atoms with Crippen LogP contribution in [-0.2, 0) is 4.74 Å². The lowest BCUT2D eigenvalue weighted by Gasteiger charge is -2.22. The van der Waals surface area contributed by atoms with Gasteiger partial charge in [0.25, 0.3) is 0 Å². The van der Waals surface area contributed by atoms with E-state index in [1.165, 1.54) is 16.7 Å². The molecule has 1 unspecified atom stereocenters. The third kappa shape index (κ3) is 5.72. The molecule has 0 aliphatic rings. The van der Waals surface area contributed by atoms with Crippen LogP contribution in [0.3, 0.4) is 0 Å². The summed E-state index contributed by atoms with van der Waals surface area (Å²) in [6, 6.07) is 7.21. The monoisotopic (exact) mass is 264 g/mol. The first-order valence-corrected chi connectivity index (χ1v) is 6.99. The summed E-state index contributed by atoms with van der Waals surface area (Å²) in [5.74, 6) is 0. The highest BCUT2D eigenvalue weighted by Gasteiger charge is 2.11. The van der Waals surface area contributed by atoms with Gasteiger partial charge in [-0.25, -0.2) is 0 Å². The summed E-state index contributed by atoms with van der Waals surface area (Å²) in [6.07, 6.45) is 1.11. The van der Waals surface area contributed by atoms with Crippen molar-refractivity contribution < 1.29 is 4.74 Å². The molecule has 1 aromatic rings. The van der Waals surface area contributed by atoms with E-state index >= 15 is 0 Å². The van der Waals surface area contributed by atoms with Crippen molar-refractivity contribution in [2.24, 2.45) is 0 Å². The van der Waals surface area contributed by atoms with E-state index in [1.54, 1.807) is 7.11 Å². The van der Waals surface area contributed by atoms with Crippen LogP contribution in [0.2, 0.25) is 0 Å². The standard InChI is InChI=1S/C16H28N2O/c1-13-10-14(2)12-15(11-13)16(17-3)6-7-18(4)8-9-19-5/h10-12,16-17H,6-9H2,1-5H3. The molecule has 3 nitrogen and oxygen atoms in total. The lowest BCUT2D eigenvalue weighted by atomic mass is 9.99. The van der Waals surface area contributed by atoms with Crippen LogP contribution in [0.25, 0.3) is 0 Å². The quantitative estimate of drug-likeness (QED) is 0.781. The van der Waals surface area contributed by atoms with Gasteiger partial charge in [0.2, 0.25) is 0 Å². The van der Waals surface area contributed by atoms with Gasteiger partial charge in [-0.3, -0.25) is 0 Å². The Bertz CT molecular complexity index is 359. The Kier molecular flexibility index (Phi) is 7.06. The van der Waals surface area contributed by atoms with Crippen molar-refractivity contribution in [3.8, 4) is 0 Å². The van der Waals surface area contributed by atoms with Gasteiger partial charge in [-0.15, -0.1) is 0 Å². The molecule has 0 aromatic heterocycles. The van der Waals surface area contributed by atoms with Crippen molar-refractivity contribution in [2.75, 3.05) is 40.9 Å². The van der Waals surface area contributed by atoms with Crippen LogP contribution in [0.15, 0.2) is 18.2 Å². The first-order chi connectivity index (χ1) is 9.06. The fourth-order valence-electron chi connectivity index (χ4n) is 2.40. The van der Waals surface area contributed by atoms with E-state index in [1.807, 2.05) is 7.05 Å². The van der Waals surface area contributed by atoms with Crippen LogP contribution in [0.1, 0.15) is 29.2 Å². The highest BCUT2D eigenvalue weighted by atomic mass is 16.5. The maximum atomic E-state index is 5.10. The van der Waals surface area contributed by atoms with Gasteiger partial charge in [-0.2, -0.15) is 0 Å². The minimum Gasteiger partial charge on any atom is -0.383 e. The fraction of sp³-hybridized carbons (Fsp3) is 0.625. The predicted molar refractivity (Wildman–Crippen MR) is 81.7 cm³/mol. The maximum absolute atomic E-state index is 5.10. The van der Waals surface area contributed by atoms with Gasteiger partial charge in [0.1, 0.15) is 0 Å². The zero-order valence-corrected chi connectivity index (χ0v) is 13.0. The Balaban J connectivity index is 2.57. The van der Waals surface area contributed by atoms with Gasteiger partial charge in [0.15, 0.2) is 0 Å². The maximum Gasteiger partial charge on any atom is 0.0589 e. The number of nitrogens with zero attached hydrogens (tertiary/aromatic N) is 1. The number of hydrogen-bond acceptors (Lipinski definition) is 3. The van der Waals surface area contributed by atoms with Crippen molar-refractivity contribution in [1.29, 1.82) is 0 Å². The minimum atomic E-state index is 0.420. The molecule has 0 saturated heterocycles. The van der Waals surface area contributed by atoms with Gasteiger partial charge in [-0.05, 0) is 46.5 Å². The minimum absolute atomic E-state index is 0.420. The summed E-state index contributed by atoms with van der Waals surface area (Å²) in [6.45, 7) is 7.17. The summed E-state index contributed by atoms with van der Waals surface area (Å²) in [5, 5.41) is 3.43. The van der Waals surface area contributed by atoms with Crippen molar-refractivity contribution in [1.82, 2.24) is 10.2 Å². The number of rotatable bonds is 8. The molecule has 108 valence electrons. The molecule has 19 heavy (non-hydrogen) atoms. The van der Waals surface area contributed by atoms with E-state index in [0.717, 1.165) is 26.1 Å². The average molecular weight is 264 g/mol. The Morgan fingerprint density at radius 3 is 2.32 bits per heavy atom. The van der Waals surface area contributed by atoms with E-state index in [9.17, 15) is 0 Å². The molecule has 1 atom stereocenters. The lowest BCUT2D eigenvalue weighted by Crippen LogP contribution is -2.28. The molecule has 0 aliphatic heterocycles. The van der Waals surface area contributed by atoms with Crippen LogP contribution < -0.4 is 5.32 Å². The Morgan fingerprint density at radius 2 is 1.79 bits per heavy atom. The van der Waals surface area contributed by atoms with Crippen LogP contribution >= 0.6 is 0 Å². The number of nitrogens with one attached hydrogen (secondary N) is 1. The SMILES string of the molecule is CNC(CCN(C)CCOC)c1cc(C)cc(C)c1.